The predicted octanol–water partition coefficient (Wildman–Crippen LogP) is 1.24. The third-order valence-corrected chi connectivity index (χ3v) is 3.49. The zero-order valence-corrected chi connectivity index (χ0v) is 12.6. The lowest BCUT2D eigenvalue weighted by atomic mass is 10.2. The van der Waals surface area contributed by atoms with Gasteiger partial charge in [-0.1, -0.05) is 0 Å². The summed E-state index contributed by atoms with van der Waals surface area (Å²) in [6.07, 6.45) is 1.18. The van der Waals surface area contributed by atoms with Gasteiger partial charge in [0.05, 0.1) is 13.2 Å². The van der Waals surface area contributed by atoms with Crippen LogP contribution in [0.4, 0.5) is 4.79 Å². The molecule has 0 aliphatic carbocycles. The fraction of sp³-hybridized carbons (Fsp3) is 0.857. The lowest BCUT2D eigenvalue weighted by molar-refractivity contribution is -0.140. The van der Waals surface area contributed by atoms with Gasteiger partial charge in [0.2, 0.25) is 5.91 Å². The third-order valence-electron chi connectivity index (χ3n) is 3.49. The zero-order valence-electron chi connectivity index (χ0n) is 12.6. The fourth-order valence-electron chi connectivity index (χ4n) is 2.56. The Morgan fingerprint density at radius 2 is 1.80 bits per heavy atom. The molecule has 114 valence electrons. The highest BCUT2D eigenvalue weighted by atomic mass is 16.6. The maximum Gasteiger partial charge on any atom is 0.410 e. The summed E-state index contributed by atoms with van der Waals surface area (Å²) in [5.41, 5.74) is -0.535. The van der Waals surface area contributed by atoms with Gasteiger partial charge in [0, 0.05) is 19.6 Å². The normalized spacial score (nSPS) is 23.9. The maximum absolute atomic E-state index is 12.5. The molecule has 2 fully saturated rings. The van der Waals surface area contributed by atoms with Gasteiger partial charge in [-0.2, -0.15) is 0 Å². The average molecular weight is 284 g/mol. The van der Waals surface area contributed by atoms with Crippen LogP contribution in [-0.4, -0.2) is 66.3 Å². The Kier molecular flexibility index (Phi) is 4.52. The summed E-state index contributed by atoms with van der Waals surface area (Å²) in [7, 11) is 0. The van der Waals surface area contributed by atoms with Crippen molar-refractivity contribution >= 4 is 12.0 Å². The summed E-state index contributed by atoms with van der Waals surface area (Å²) in [5.74, 6) is 0.0247. The number of amides is 2. The van der Waals surface area contributed by atoms with E-state index in [0.717, 1.165) is 12.8 Å². The summed E-state index contributed by atoms with van der Waals surface area (Å²) in [5, 5.41) is 0. The highest BCUT2D eigenvalue weighted by Crippen LogP contribution is 2.22. The van der Waals surface area contributed by atoms with Crippen LogP contribution in [0.15, 0.2) is 0 Å². The summed E-state index contributed by atoms with van der Waals surface area (Å²) < 4.78 is 10.6. The van der Waals surface area contributed by atoms with Crippen molar-refractivity contribution in [3.63, 3.8) is 0 Å². The van der Waals surface area contributed by atoms with Crippen molar-refractivity contribution in [2.75, 3.05) is 32.8 Å². The van der Waals surface area contributed by atoms with Gasteiger partial charge >= 0.3 is 6.09 Å². The molecular weight excluding hydrogens is 260 g/mol. The topological polar surface area (TPSA) is 59.1 Å². The summed E-state index contributed by atoms with van der Waals surface area (Å²) in [4.78, 5) is 28.0. The standard InChI is InChI=1S/C14H24N2O4/c1-14(2,3)20-13(18)16-6-4-5-11(16)12(17)15-7-9-19-10-8-15/h11H,4-10H2,1-3H3/t11-/m0/s1. The first-order valence-corrected chi connectivity index (χ1v) is 7.24. The van der Waals surface area contributed by atoms with Crippen LogP contribution in [-0.2, 0) is 14.3 Å². The van der Waals surface area contributed by atoms with E-state index in [1.165, 1.54) is 0 Å². The molecule has 1 atom stereocenters. The second-order valence-corrected chi connectivity index (χ2v) is 6.27. The summed E-state index contributed by atoms with van der Waals surface area (Å²) in [6, 6.07) is -0.372. The van der Waals surface area contributed by atoms with Crippen molar-refractivity contribution in [1.29, 1.82) is 0 Å². The number of ether oxygens (including phenoxy) is 2. The number of rotatable bonds is 1. The monoisotopic (exact) mass is 284 g/mol. The molecule has 2 rings (SSSR count). The first-order chi connectivity index (χ1) is 9.38. The van der Waals surface area contributed by atoms with E-state index in [1.807, 2.05) is 20.8 Å². The second-order valence-electron chi connectivity index (χ2n) is 6.27. The molecule has 20 heavy (non-hydrogen) atoms. The second kappa shape index (κ2) is 5.99. The van der Waals surface area contributed by atoms with E-state index in [9.17, 15) is 9.59 Å². The lowest BCUT2D eigenvalue weighted by Gasteiger charge is -2.33. The van der Waals surface area contributed by atoms with Crippen LogP contribution in [0.2, 0.25) is 0 Å². The minimum absolute atomic E-state index is 0.0247. The van der Waals surface area contributed by atoms with Gasteiger partial charge in [0.15, 0.2) is 0 Å². The molecule has 0 saturated carbocycles. The van der Waals surface area contributed by atoms with Gasteiger partial charge in [-0.3, -0.25) is 9.69 Å². The number of nitrogens with zero attached hydrogens (tertiary/aromatic N) is 2. The third kappa shape index (κ3) is 3.62. The number of hydrogen-bond acceptors (Lipinski definition) is 4. The number of likely N-dealkylation sites (tertiary alicyclic amines) is 1. The van der Waals surface area contributed by atoms with Crippen LogP contribution >= 0.6 is 0 Å². The summed E-state index contributed by atoms with van der Waals surface area (Å²) >= 11 is 0. The van der Waals surface area contributed by atoms with Crippen molar-refractivity contribution in [1.82, 2.24) is 9.80 Å². The Labute approximate surface area is 120 Å². The molecule has 0 radical (unpaired) electrons. The molecule has 2 aliphatic rings. The average Bonchev–Trinajstić information content (AvgIpc) is 2.86. The smallest absolute Gasteiger partial charge is 0.410 e. The van der Waals surface area contributed by atoms with Gasteiger partial charge in [-0.25, -0.2) is 4.79 Å². The molecule has 2 aliphatic heterocycles. The largest absolute Gasteiger partial charge is 0.444 e. The predicted molar refractivity (Wildman–Crippen MR) is 73.4 cm³/mol. The van der Waals surface area contributed by atoms with E-state index in [-0.39, 0.29) is 18.0 Å². The van der Waals surface area contributed by atoms with Gasteiger partial charge in [-0.05, 0) is 33.6 Å². The minimum atomic E-state index is -0.535. The van der Waals surface area contributed by atoms with Crippen molar-refractivity contribution in [3.05, 3.63) is 0 Å². The Bertz CT molecular complexity index is 372. The molecule has 0 unspecified atom stereocenters. The van der Waals surface area contributed by atoms with Gasteiger partial charge in [0.1, 0.15) is 11.6 Å². The first kappa shape index (κ1) is 15.1. The Hall–Kier alpha value is -1.30. The number of carbonyl (C=O) groups is 2. The molecule has 0 spiro atoms. The Balaban J connectivity index is 1.99. The SMILES string of the molecule is CC(C)(C)OC(=O)N1CCC[C@H]1C(=O)N1CCOCC1. The molecule has 0 aromatic carbocycles. The molecule has 6 nitrogen and oxygen atoms in total. The van der Waals surface area contributed by atoms with Crippen molar-refractivity contribution in [2.24, 2.45) is 0 Å². The van der Waals surface area contributed by atoms with Crippen LogP contribution in [0.25, 0.3) is 0 Å². The number of carbonyl (C=O) groups excluding carboxylic acids is 2. The maximum atomic E-state index is 12.5. The van der Waals surface area contributed by atoms with Crippen LogP contribution in [0.5, 0.6) is 0 Å². The summed E-state index contributed by atoms with van der Waals surface area (Å²) in [6.45, 7) is 8.46. The fourth-order valence-corrected chi connectivity index (χ4v) is 2.56. The molecule has 0 bridgehead atoms. The molecule has 6 heteroatoms. The van der Waals surface area contributed by atoms with Gasteiger partial charge < -0.3 is 14.4 Å². The van der Waals surface area contributed by atoms with Crippen LogP contribution in [0.3, 0.4) is 0 Å². The van der Waals surface area contributed by atoms with Crippen LogP contribution in [0.1, 0.15) is 33.6 Å². The highest BCUT2D eigenvalue weighted by Gasteiger charge is 2.38. The number of morpholine rings is 1. The van der Waals surface area contributed by atoms with Crippen LogP contribution < -0.4 is 0 Å². The van der Waals surface area contributed by atoms with E-state index in [4.69, 9.17) is 9.47 Å². The highest BCUT2D eigenvalue weighted by molar-refractivity contribution is 5.86. The van der Waals surface area contributed by atoms with Gasteiger partial charge in [-0.15, -0.1) is 0 Å². The minimum Gasteiger partial charge on any atom is -0.444 e. The zero-order chi connectivity index (χ0) is 14.8. The number of hydrogen-bond donors (Lipinski definition) is 0. The Morgan fingerprint density at radius 3 is 2.40 bits per heavy atom. The molecule has 2 heterocycles. The van der Waals surface area contributed by atoms with E-state index >= 15 is 0 Å². The van der Waals surface area contributed by atoms with Crippen molar-refractivity contribution < 1.29 is 19.1 Å². The molecule has 0 N–H and O–H groups in total. The lowest BCUT2D eigenvalue weighted by Crippen LogP contribution is -2.51. The van der Waals surface area contributed by atoms with E-state index in [2.05, 4.69) is 0 Å². The van der Waals surface area contributed by atoms with Crippen molar-refractivity contribution in [2.45, 2.75) is 45.3 Å². The molecule has 0 aromatic rings. The molecule has 0 aromatic heterocycles. The van der Waals surface area contributed by atoms with Gasteiger partial charge in [0.25, 0.3) is 0 Å². The van der Waals surface area contributed by atoms with E-state index < -0.39 is 5.60 Å². The molecule has 2 amide bonds. The van der Waals surface area contributed by atoms with E-state index in [1.54, 1.807) is 9.80 Å². The first-order valence-electron chi connectivity index (χ1n) is 7.24. The Morgan fingerprint density at radius 1 is 1.15 bits per heavy atom. The van der Waals surface area contributed by atoms with E-state index in [0.29, 0.717) is 32.8 Å². The quantitative estimate of drug-likeness (QED) is 0.727. The van der Waals surface area contributed by atoms with Crippen molar-refractivity contribution in [3.8, 4) is 0 Å². The molecule has 2 saturated heterocycles. The van der Waals surface area contributed by atoms with Crippen LogP contribution in [0, 0.1) is 0 Å². The molecular formula is C14H24N2O4.